The lowest BCUT2D eigenvalue weighted by Gasteiger charge is -2.44. The lowest BCUT2D eigenvalue weighted by atomic mass is 9.94. The number of anilines is 1. The Hall–Kier alpha value is -5.22. The number of nitrogens with zero attached hydrogens (tertiary/aromatic N) is 3. The number of hydrogen-bond acceptors (Lipinski definition) is 1. The molecule has 0 saturated heterocycles. The smallest absolute Gasteiger partial charge is 0.0581 e. The van der Waals surface area contributed by atoms with E-state index in [9.17, 15) is 0 Å². The maximum absolute atomic E-state index is 5.35. The average molecular weight is 512 g/mol. The molecule has 6 aromatic carbocycles. The Labute approximate surface area is 230 Å². The first kappa shape index (κ1) is 20.7. The topological polar surface area (TPSA) is 36.0 Å². The van der Waals surface area contributed by atoms with E-state index in [-0.39, 0.29) is 12.2 Å². The van der Waals surface area contributed by atoms with Crippen molar-refractivity contribution < 1.29 is 0 Å². The van der Waals surface area contributed by atoms with Gasteiger partial charge in [-0.3, -0.25) is 0 Å². The first-order chi connectivity index (χ1) is 19.9. The molecule has 0 saturated carbocycles. The number of aromatic nitrogens is 2. The summed E-state index contributed by atoms with van der Waals surface area (Å²) in [6.45, 7) is 0. The van der Waals surface area contributed by atoms with Crippen molar-refractivity contribution in [3.8, 4) is 5.69 Å². The predicted molar refractivity (Wildman–Crippen MR) is 166 cm³/mol. The van der Waals surface area contributed by atoms with E-state index in [4.69, 9.17) is 5.32 Å². The van der Waals surface area contributed by atoms with Crippen LogP contribution in [0, 0.1) is 0 Å². The molecule has 1 N–H and O–H groups in total. The van der Waals surface area contributed by atoms with Gasteiger partial charge in [0.1, 0.15) is 0 Å². The van der Waals surface area contributed by atoms with E-state index in [0.29, 0.717) is 0 Å². The summed E-state index contributed by atoms with van der Waals surface area (Å²) >= 11 is 0. The van der Waals surface area contributed by atoms with Gasteiger partial charge in [0.25, 0.3) is 0 Å². The summed E-state index contributed by atoms with van der Waals surface area (Å²) in [6, 6.07) is 44.0. The molecule has 0 spiro atoms. The lowest BCUT2D eigenvalue weighted by molar-refractivity contribution is 0.566. The van der Waals surface area contributed by atoms with E-state index in [1.807, 2.05) is 0 Å². The lowest BCUT2D eigenvalue weighted by Crippen LogP contribution is -2.21. The van der Waals surface area contributed by atoms with Crippen LogP contribution in [0.4, 0.5) is 11.4 Å². The molecule has 0 fully saturated rings. The molecule has 4 nitrogen and oxygen atoms in total. The Morgan fingerprint density at radius 3 is 2.27 bits per heavy atom. The molecule has 4 heteroatoms. The number of rotatable bonds is 1. The van der Waals surface area contributed by atoms with Crippen LogP contribution in [-0.2, 0) is 0 Å². The molecule has 188 valence electrons. The number of para-hydroxylation sites is 4. The highest BCUT2D eigenvalue weighted by Gasteiger charge is 2.35. The molecule has 4 heterocycles. The molecule has 2 aromatic heterocycles. The summed E-state index contributed by atoms with van der Waals surface area (Å²) in [7, 11) is 0. The van der Waals surface area contributed by atoms with E-state index >= 15 is 0 Å². The third-order valence-electron chi connectivity index (χ3n) is 9.02. The van der Waals surface area contributed by atoms with Crippen molar-refractivity contribution in [1.29, 1.82) is 0 Å². The SMILES string of the molecule is c1ccc(-n2c3ccccc3c3c4c5c6ccccc6cc6c5n(c4ccc32)C2[N-]c3ccccc3NC62)cc1. The monoisotopic (exact) mass is 511 g/mol. The summed E-state index contributed by atoms with van der Waals surface area (Å²) < 4.78 is 4.92. The molecule has 10 rings (SSSR count). The maximum atomic E-state index is 5.35. The third kappa shape index (κ3) is 2.43. The Bertz CT molecular complexity index is 2340. The second-order valence-corrected chi connectivity index (χ2v) is 11.0. The Kier molecular flexibility index (Phi) is 3.75. The highest BCUT2D eigenvalue weighted by Crippen LogP contribution is 2.57. The first-order valence-corrected chi connectivity index (χ1v) is 13.9. The molecule has 2 atom stereocenters. The zero-order valence-electron chi connectivity index (χ0n) is 21.5. The van der Waals surface area contributed by atoms with Gasteiger partial charge in [0.05, 0.1) is 22.6 Å². The zero-order chi connectivity index (χ0) is 25.9. The van der Waals surface area contributed by atoms with Crippen LogP contribution in [0.15, 0.2) is 121 Å². The molecular weight excluding hydrogens is 488 g/mol. The molecule has 2 aliphatic heterocycles. The van der Waals surface area contributed by atoms with Crippen molar-refractivity contribution in [1.82, 2.24) is 9.13 Å². The molecule has 0 bridgehead atoms. The van der Waals surface area contributed by atoms with Gasteiger partial charge in [0.2, 0.25) is 0 Å². The number of fused-ring (bicyclic) bond motifs is 13. The van der Waals surface area contributed by atoms with E-state index in [1.54, 1.807) is 0 Å². The largest absolute Gasteiger partial charge is 0.661 e. The summed E-state index contributed by atoms with van der Waals surface area (Å²) in [5.74, 6) is 0. The van der Waals surface area contributed by atoms with Gasteiger partial charge >= 0.3 is 0 Å². The van der Waals surface area contributed by atoms with Gasteiger partial charge in [0, 0.05) is 38.4 Å². The second-order valence-electron chi connectivity index (χ2n) is 11.0. The Morgan fingerprint density at radius 1 is 0.600 bits per heavy atom. The fraction of sp³-hybridized carbons (Fsp3) is 0.0556. The standard InChI is InChI=1S/C36H23N4/c1-2-11-22(12-3-1)39-28-17-9-6-14-24(28)31-29(39)18-19-30-33(31)32-23-13-5-4-10-21(23)20-25-34-36(40(30)35(25)32)38-27-16-8-7-15-26(27)37-34/h1-20,34,36-37H/q-1. The third-order valence-corrected chi connectivity index (χ3v) is 9.02. The second kappa shape index (κ2) is 7.25. The predicted octanol–water partition coefficient (Wildman–Crippen LogP) is 9.73. The molecule has 0 radical (unpaired) electrons. The molecule has 8 aromatic rings. The zero-order valence-corrected chi connectivity index (χ0v) is 21.5. The molecule has 40 heavy (non-hydrogen) atoms. The van der Waals surface area contributed by atoms with Gasteiger partial charge in [-0.1, -0.05) is 78.9 Å². The fourth-order valence-electron chi connectivity index (χ4n) is 7.47. The summed E-state index contributed by atoms with van der Waals surface area (Å²) in [4.78, 5) is 0. The highest BCUT2D eigenvalue weighted by molar-refractivity contribution is 6.33. The normalized spacial score (nSPS) is 17.4. The van der Waals surface area contributed by atoms with Crippen LogP contribution in [0.25, 0.3) is 65.4 Å². The summed E-state index contributed by atoms with van der Waals surface area (Å²) in [5.41, 5.74) is 9.64. The molecule has 2 unspecified atom stereocenters. The van der Waals surface area contributed by atoms with Crippen molar-refractivity contribution in [2.45, 2.75) is 12.2 Å². The minimum atomic E-state index is -0.0402. The van der Waals surface area contributed by atoms with Crippen LogP contribution >= 0.6 is 0 Å². The van der Waals surface area contributed by atoms with Crippen LogP contribution in [0.1, 0.15) is 17.8 Å². The van der Waals surface area contributed by atoms with Crippen LogP contribution < -0.4 is 5.32 Å². The van der Waals surface area contributed by atoms with Gasteiger partial charge < -0.3 is 19.8 Å². The highest BCUT2D eigenvalue weighted by atomic mass is 15.3. The minimum Gasteiger partial charge on any atom is -0.661 e. The molecule has 0 aliphatic carbocycles. The number of nitrogens with one attached hydrogen (secondary N) is 1. The van der Waals surface area contributed by atoms with Crippen LogP contribution in [-0.4, -0.2) is 9.13 Å². The molecule has 2 aliphatic rings. The van der Waals surface area contributed by atoms with Crippen molar-refractivity contribution in [3.05, 3.63) is 132 Å². The summed E-state index contributed by atoms with van der Waals surface area (Å²) in [6.07, 6.45) is -0.0402. The van der Waals surface area contributed by atoms with Gasteiger partial charge in [0.15, 0.2) is 0 Å². The first-order valence-electron chi connectivity index (χ1n) is 13.9. The van der Waals surface area contributed by atoms with E-state index in [1.165, 1.54) is 65.6 Å². The molecule has 0 amide bonds. The van der Waals surface area contributed by atoms with E-state index < -0.39 is 0 Å². The van der Waals surface area contributed by atoms with E-state index in [0.717, 1.165) is 11.4 Å². The van der Waals surface area contributed by atoms with Gasteiger partial charge in [-0.2, -0.15) is 0 Å². The Balaban J connectivity index is 1.42. The average Bonchev–Trinajstić information content (AvgIpc) is 3.64. The van der Waals surface area contributed by atoms with Crippen molar-refractivity contribution in [3.63, 3.8) is 0 Å². The van der Waals surface area contributed by atoms with Gasteiger partial charge in [-0.25, -0.2) is 0 Å². The van der Waals surface area contributed by atoms with Crippen LogP contribution in [0.2, 0.25) is 0 Å². The maximum Gasteiger partial charge on any atom is 0.0581 e. The van der Waals surface area contributed by atoms with Crippen LogP contribution in [0.5, 0.6) is 0 Å². The van der Waals surface area contributed by atoms with Crippen molar-refractivity contribution in [2.75, 3.05) is 5.32 Å². The fourth-order valence-corrected chi connectivity index (χ4v) is 7.47. The van der Waals surface area contributed by atoms with Crippen molar-refractivity contribution in [2.24, 2.45) is 0 Å². The Morgan fingerprint density at radius 2 is 1.35 bits per heavy atom. The van der Waals surface area contributed by atoms with Crippen molar-refractivity contribution >= 4 is 65.8 Å². The minimum absolute atomic E-state index is 0.0402. The number of benzene rings is 6. The van der Waals surface area contributed by atoms with E-state index in [2.05, 4.69) is 136 Å². The number of hydrogen-bond donors (Lipinski definition) is 1. The van der Waals surface area contributed by atoms with Gasteiger partial charge in [-0.05, 0) is 65.0 Å². The van der Waals surface area contributed by atoms with Gasteiger partial charge in [-0.15, -0.1) is 5.69 Å². The van der Waals surface area contributed by atoms with Crippen LogP contribution in [0.3, 0.4) is 0 Å². The summed E-state index contributed by atoms with van der Waals surface area (Å²) in [5, 5.41) is 17.0. The molecular formula is C36H23N4-. The quantitative estimate of drug-likeness (QED) is 0.234.